The van der Waals surface area contributed by atoms with Crippen molar-refractivity contribution in [2.45, 2.75) is 48.5 Å². The topological polar surface area (TPSA) is 131 Å². The zero-order chi connectivity index (χ0) is 19.1. The molecule has 1 aromatic rings. The Kier molecular flexibility index (Phi) is 7.28. The van der Waals surface area contributed by atoms with Crippen LogP contribution in [0.1, 0.15) is 13.8 Å². The molecule has 1 saturated heterocycles. The molecule has 1 fully saturated rings. The number of carbonyl (C=O) groups is 2. The van der Waals surface area contributed by atoms with Crippen molar-refractivity contribution in [3.8, 4) is 0 Å². The monoisotopic (exact) mass is 381 g/mol. The minimum absolute atomic E-state index is 0.216. The number of ether oxygens (including phenoxy) is 3. The van der Waals surface area contributed by atoms with Crippen LogP contribution in [0, 0.1) is 0 Å². The van der Waals surface area contributed by atoms with Crippen LogP contribution in [0.4, 0.5) is 0 Å². The summed E-state index contributed by atoms with van der Waals surface area (Å²) >= 11 is 1.25. The molecule has 2 rings (SSSR count). The van der Waals surface area contributed by atoms with Gasteiger partial charge in [0.05, 0.1) is 6.10 Å². The molecule has 0 saturated carbocycles. The van der Waals surface area contributed by atoms with Gasteiger partial charge in [-0.15, -0.1) is 0 Å². The maximum absolute atomic E-state index is 11.5. The van der Waals surface area contributed by atoms with E-state index in [-0.39, 0.29) is 6.61 Å². The second kappa shape index (κ2) is 9.44. The van der Waals surface area contributed by atoms with Gasteiger partial charge in [-0.25, -0.2) is 0 Å². The van der Waals surface area contributed by atoms with E-state index in [0.717, 1.165) is 4.90 Å². The van der Waals surface area contributed by atoms with Crippen molar-refractivity contribution in [3.05, 3.63) is 40.8 Å². The van der Waals surface area contributed by atoms with Crippen molar-refractivity contribution >= 4 is 23.7 Å². The number of esters is 2. The van der Waals surface area contributed by atoms with E-state index in [1.165, 1.54) is 25.6 Å². The third-order valence-electron chi connectivity index (χ3n) is 3.58. The smallest absolute Gasteiger partial charge is 0.303 e. The van der Waals surface area contributed by atoms with E-state index in [0.29, 0.717) is 0 Å². The van der Waals surface area contributed by atoms with Crippen LogP contribution in [0.5, 0.6) is 0 Å². The maximum Gasteiger partial charge on any atom is 0.303 e. The summed E-state index contributed by atoms with van der Waals surface area (Å²) in [4.78, 5) is 26.1. The Bertz CT molecular complexity index is 682. The first kappa shape index (κ1) is 20.1. The minimum atomic E-state index is -1.30. The van der Waals surface area contributed by atoms with Crippen molar-refractivity contribution in [3.63, 3.8) is 0 Å². The van der Waals surface area contributed by atoms with Crippen molar-refractivity contribution in [1.29, 1.82) is 0 Å². The summed E-state index contributed by atoms with van der Waals surface area (Å²) < 4.78 is 16.0. The van der Waals surface area contributed by atoms with Gasteiger partial charge in [-0.3, -0.25) is 9.59 Å². The molecule has 0 radical (unpaired) electrons. The highest BCUT2D eigenvalue weighted by atomic mass is 32.2. The van der Waals surface area contributed by atoms with E-state index in [1.807, 2.05) is 30.3 Å². The first-order valence-corrected chi connectivity index (χ1v) is 8.70. The molecule has 0 spiro atoms. The quantitative estimate of drug-likeness (QED) is 0.345. The highest BCUT2D eigenvalue weighted by molar-refractivity contribution is 7.99. The summed E-state index contributed by atoms with van der Waals surface area (Å²) in [5, 5.41) is 14.0. The fourth-order valence-electron chi connectivity index (χ4n) is 2.48. The number of hydrogen-bond donors (Lipinski definition) is 1. The maximum atomic E-state index is 11.5. The third kappa shape index (κ3) is 5.37. The van der Waals surface area contributed by atoms with Crippen molar-refractivity contribution < 1.29 is 28.9 Å². The third-order valence-corrected chi connectivity index (χ3v) is 4.73. The average molecular weight is 381 g/mol. The lowest BCUT2D eigenvalue weighted by atomic mass is 9.98. The van der Waals surface area contributed by atoms with Gasteiger partial charge < -0.3 is 19.3 Å². The molecule has 1 N–H and O–H groups in total. The number of aliphatic hydroxyl groups excluding tert-OH is 1. The van der Waals surface area contributed by atoms with E-state index in [2.05, 4.69) is 10.0 Å². The average Bonchev–Trinajstić information content (AvgIpc) is 2.59. The fraction of sp³-hybridized carbons (Fsp3) is 0.500. The second-order valence-corrected chi connectivity index (χ2v) is 6.71. The number of azide groups is 1. The van der Waals surface area contributed by atoms with Crippen molar-refractivity contribution in [1.82, 2.24) is 0 Å². The molecule has 1 heterocycles. The lowest BCUT2D eigenvalue weighted by Gasteiger charge is -2.42. The van der Waals surface area contributed by atoms with Crippen LogP contribution >= 0.6 is 11.8 Å². The summed E-state index contributed by atoms with van der Waals surface area (Å²) in [5.74, 6) is -1.13. The Hall–Kier alpha value is -2.26. The molecule has 0 aliphatic carbocycles. The van der Waals surface area contributed by atoms with Gasteiger partial charge in [0.25, 0.3) is 0 Å². The van der Waals surface area contributed by atoms with Crippen molar-refractivity contribution in [2.75, 3.05) is 6.61 Å². The molecule has 2 unspecified atom stereocenters. The Morgan fingerprint density at radius 2 is 2.00 bits per heavy atom. The van der Waals surface area contributed by atoms with Gasteiger partial charge in [0.1, 0.15) is 30.3 Å². The Morgan fingerprint density at radius 3 is 2.58 bits per heavy atom. The highest BCUT2D eigenvalue weighted by Crippen LogP contribution is 2.36. The fourth-order valence-corrected chi connectivity index (χ4v) is 3.61. The molecule has 10 heteroatoms. The van der Waals surface area contributed by atoms with Crippen LogP contribution in [0.2, 0.25) is 0 Å². The molecule has 1 aliphatic heterocycles. The van der Waals surface area contributed by atoms with E-state index in [1.54, 1.807) is 0 Å². The van der Waals surface area contributed by atoms with Crippen LogP contribution in [-0.2, 0) is 23.8 Å². The first-order valence-electron chi connectivity index (χ1n) is 7.82. The summed E-state index contributed by atoms with van der Waals surface area (Å²) in [6.45, 7) is 2.24. The van der Waals surface area contributed by atoms with E-state index in [9.17, 15) is 14.7 Å². The largest absolute Gasteiger partial charge is 0.463 e. The molecule has 9 nitrogen and oxygen atoms in total. The summed E-state index contributed by atoms with van der Waals surface area (Å²) in [7, 11) is 0. The van der Waals surface area contributed by atoms with Gasteiger partial charge in [0, 0.05) is 23.7 Å². The molecular weight excluding hydrogens is 362 g/mol. The molecule has 1 aliphatic rings. The SMILES string of the molecule is CC(=O)OCC1O[C@@H](Sc2ccccc2)[C@@H](OC(C)=O)C(N=[N+]=[N-])[C@H]1O. The van der Waals surface area contributed by atoms with Crippen molar-refractivity contribution in [2.24, 2.45) is 5.11 Å². The zero-order valence-corrected chi connectivity index (χ0v) is 15.0. The Balaban J connectivity index is 2.29. The first-order chi connectivity index (χ1) is 12.4. The number of carbonyl (C=O) groups excluding carboxylic acids is 2. The van der Waals surface area contributed by atoms with Crippen LogP contribution in [0.3, 0.4) is 0 Å². The molecule has 0 aromatic heterocycles. The van der Waals surface area contributed by atoms with Crippen LogP contribution < -0.4 is 0 Å². The standard InChI is InChI=1S/C16H19N3O6S/c1-9(20)23-8-12-14(22)13(18-19-17)15(24-10(2)21)16(25-12)26-11-6-4-3-5-7-11/h3-7,12-16,22H,8H2,1-2H3/t12?,13?,14-,15-,16-/m0/s1. The molecule has 1 aromatic carbocycles. The molecule has 140 valence electrons. The number of nitrogens with zero attached hydrogens (tertiary/aromatic N) is 3. The number of thioether (sulfide) groups is 1. The minimum Gasteiger partial charge on any atom is -0.463 e. The second-order valence-electron chi connectivity index (χ2n) is 5.54. The summed E-state index contributed by atoms with van der Waals surface area (Å²) in [6, 6.07) is 8.12. The van der Waals surface area contributed by atoms with Crippen LogP contribution in [-0.4, -0.2) is 53.4 Å². The Labute approximate surface area is 154 Å². The molecule has 0 amide bonds. The molecular formula is C16H19N3O6S. The van der Waals surface area contributed by atoms with Gasteiger partial charge >= 0.3 is 11.9 Å². The van der Waals surface area contributed by atoms with Gasteiger partial charge in [0.2, 0.25) is 0 Å². The predicted octanol–water partition coefficient (Wildman–Crippen LogP) is 2.04. The lowest BCUT2D eigenvalue weighted by molar-refractivity contribution is -0.189. The van der Waals surface area contributed by atoms with E-state index >= 15 is 0 Å². The Morgan fingerprint density at radius 1 is 1.31 bits per heavy atom. The zero-order valence-electron chi connectivity index (χ0n) is 14.2. The molecule has 26 heavy (non-hydrogen) atoms. The summed E-state index contributed by atoms with van der Waals surface area (Å²) in [5.41, 5.74) is 8.08. The van der Waals surface area contributed by atoms with E-state index in [4.69, 9.17) is 19.7 Å². The predicted molar refractivity (Wildman–Crippen MR) is 92.1 cm³/mol. The number of rotatable bonds is 6. The number of aliphatic hydroxyl groups is 1. The lowest BCUT2D eigenvalue weighted by Crippen LogP contribution is -2.58. The van der Waals surface area contributed by atoms with E-state index < -0.39 is 41.7 Å². The molecule has 0 bridgehead atoms. The highest BCUT2D eigenvalue weighted by Gasteiger charge is 2.47. The number of hydrogen-bond acceptors (Lipinski definition) is 8. The van der Waals surface area contributed by atoms with Gasteiger partial charge in [-0.1, -0.05) is 35.1 Å². The van der Waals surface area contributed by atoms with Crippen LogP contribution in [0.25, 0.3) is 10.4 Å². The normalized spacial score (nSPS) is 27.9. The number of benzene rings is 1. The summed E-state index contributed by atoms with van der Waals surface area (Å²) in [6.07, 6.45) is -3.23. The van der Waals surface area contributed by atoms with Crippen LogP contribution in [0.15, 0.2) is 40.3 Å². The van der Waals surface area contributed by atoms with Gasteiger partial charge in [-0.05, 0) is 17.7 Å². The van der Waals surface area contributed by atoms with Gasteiger partial charge in [0.15, 0.2) is 0 Å². The molecule has 5 atom stereocenters. The van der Waals surface area contributed by atoms with Gasteiger partial charge in [-0.2, -0.15) is 0 Å².